The fraction of sp³-hybridized carbons (Fsp3) is 0.636. The zero-order chi connectivity index (χ0) is 22.0. The van der Waals surface area contributed by atoms with Crippen molar-refractivity contribution < 1.29 is 13.7 Å². The van der Waals surface area contributed by atoms with Crippen molar-refractivity contribution in [3.8, 4) is 6.07 Å². The van der Waals surface area contributed by atoms with Crippen LogP contribution in [0.15, 0.2) is 18.2 Å². The predicted molar refractivity (Wildman–Crippen MR) is 120 cm³/mol. The number of methoxy groups -OCH3 is 1. The molecule has 3 aliphatic rings. The van der Waals surface area contributed by atoms with Crippen molar-refractivity contribution in [3.63, 3.8) is 0 Å². The molecule has 3 fully saturated rings. The number of hydrogen-bond acceptors (Lipinski definition) is 6. The van der Waals surface area contributed by atoms with Crippen molar-refractivity contribution in [1.29, 1.82) is 5.26 Å². The SMILES string of the molecule is COCCN1CC2CCC(C=O)(C1)N2S(=O)N1CCN(c2ccc(C#N)cc2C)CC1. The molecule has 3 unspecified atom stereocenters. The van der Waals surface area contributed by atoms with Gasteiger partial charge in [0.15, 0.2) is 11.2 Å². The van der Waals surface area contributed by atoms with Gasteiger partial charge in [0.05, 0.1) is 18.2 Å². The Bertz CT molecular complexity index is 882. The van der Waals surface area contributed by atoms with Crippen LogP contribution in [0.2, 0.25) is 0 Å². The van der Waals surface area contributed by atoms with Crippen molar-refractivity contribution in [2.45, 2.75) is 31.3 Å². The van der Waals surface area contributed by atoms with Crippen molar-refractivity contribution in [2.24, 2.45) is 0 Å². The van der Waals surface area contributed by atoms with Gasteiger partial charge in [0.2, 0.25) is 0 Å². The first-order chi connectivity index (χ1) is 15.0. The van der Waals surface area contributed by atoms with Crippen molar-refractivity contribution in [2.75, 3.05) is 64.4 Å². The van der Waals surface area contributed by atoms with Gasteiger partial charge in [-0.1, -0.05) is 0 Å². The number of piperazine rings is 2. The summed E-state index contributed by atoms with van der Waals surface area (Å²) in [6, 6.07) is 8.08. The first kappa shape index (κ1) is 22.4. The number of carbonyl (C=O) groups excluding carboxylic acids is 1. The zero-order valence-electron chi connectivity index (χ0n) is 18.3. The molecule has 9 heteroatoms. The molecule has 0 amide bonds. The maximum atomic E-state index is 13.6. The highest BCUT2D eigenvalue weighted by Gasteiger charge is 2.55. The Balaban J connectivity index is 1.42. The van der Waals surface area contributed by atoms with E-state index in [0.29, 0.717) is 31.8 Å². The van der Waals surface area contributed by atoms with Crippen molar-refractivity contribution >= 4 is 23.1 Å². The Labute approximate surface area is 187 Å². The molecule has 3 atom stereocenters. The summed E-state index contributed by atoms with van der Waals surface area (Å²) in [6.07, 6.45) is 2.69. The molecule has 3 saturated heterocycles. The van der Waals surface area contributed by atoms with E-state index in [1.807, 2.05) is 33.7 Å². The summed E-state index contributed by atoms with van der Waals surface area (Å²) in [5.74, 6) is 0. The lowest BCUT2D eigenvalue weighted by Gasteiger charge is -2.47. The van der Waals surface area contributed by atoms with Gasteiger partial charge in [0.25, 0.3) is 0 Å². The lowest BCUT2D eigenvalue weighted by Crippen LogP contribution is -2.65. The Morgan fingerprint density at radius 3 is 2.74 bits per heavy atom. The first-order valence-corrected chi connectivity index (χ1v) is 12.0. The van der Waals surface area contributed by atoms with Gasteiger partial charge in [0.1, 0.15) is 11.8 Å². The minimum absolute atomic E-state index is 0.135. The van der Waals surface area contributed by atoms with E-state index in [-0.39, 0.29) is 6.04 Å². The smallest absolute Gasteiger partial charge is 0.174 e. The zero-order valence-corrected chi connectivity index (χ0v) is 19.1. The molecule has 3 heterocycles. The number of hydrogen-bond donors (Lipinski definition) is 0. The van der Waals surface area contributed by atoms with E-state index in [2.05, 4.69) is 15.9 Å². The summed E-state index contributed by atoms with van der Waals surface area (Å²) in [7, 11) is 1.69. The molecule has 3 aliphatic heterocycles. The number of anilines is 1. The Morgan fingerprint density at radius 2 is 2.10 bits per heavy atom. The van der Waals surface area contributed by atoms with Crippen LogP contribution in [-0.4, -0.2) is 95.1 Å². The average molecular weight is 446 g/mol. The van der Waals surface area contributed by atoms with Crippen LogP contribution >= 0.6 is 0 Å². The molecule has 4 rings (SSSR count). The van der Waals surface area contributed by atoms with Crippen LogP contribution in [0.1, 0.15) is 24.0 Å². The molecule has 1 aromatic rings. The van der Waals surface area contributed by atoms with Crippen LogP contribution in [0, 0.1) is 18.3 Å². The second-order valence-corrected chi connectivity index (χ2v) is 10.1. The molecule has 0 N–H and O–H groups in total. The molecular weight excluding hydrogens is 414 g/mol. The third-order valence-corrected chi connectivity index (χ3v) is 8.58. The highest BCUT2D eigenvalue weighted by atomic mass is 32.2. The quantitative estimate of drug-likeness (QED) is 0.581. The van der Waals surface area contributed by atoms with Gasteiger partial charge in [-0.15, -0.1) is 0 Å². The number of rotatable bonds is 7. The second kappa shape index (κ2) is 9.35. The minimum Gasteiger partial charge on any atom is -0.383 e. The number of aryl methyl sites for hydroxylation is 1. The number of fused-ring (bicyclic) bond motifs is 2. The van der Waals surface area contributed by atoms with E-state index in [1.165, 1.54) is 0 Å². The molecule has 0 radical (unpaired) electrons. The number of nitriles is 1. The molecule has 1 aromatic carbocycles. The minimum atomic E-state index is -1.32. The van der Waals surface area contributed by atoms with Gasteiger partial charge in [-0.05, 0) is 43.5 Å². The lowest BCUT2D eigenvalue weighted by atomic mass is 9.99. The van der Waals surface area contributed by atoms with Crippen LogP contribution < -0.4 is 4.90 Å². The van der Waals surface area contributed by atoms with Crippen LogP contribution in [0.5, 0.6) is 0 Å². The van der Waals surface area contributed by atoms with Gasteiger partial charge < -0.3 is 14.4 Å². The van der Waals surface area contributed by atoms with E-state index >= 15 is 0 Å². The van der Waals surface area contributed by atoms with Gasteiger partial charge in [-0.3, -0.25) is 4.90 Å². The Kier molecular flexibility index (Phi) is 6.74. The van der Waals surface area contributed by atoms with E-state index in [4.69, 9.17) is 10.00 Å². The molecule has 0 aromatic heterocycles. The molecule has 8 nitrogen and oxygen atoms in total. The fourth-order valence-corrected chi connectivity index (χ4v) is 6.84. The standard InChI is InChI=1S/C22H31N5O3S/c1-18-13-19(14-23)3-4-21(18)25-7-9-26(10-8-25)31(29)27-20-5-6-22(27,17-28)16-24(15-20)11-12-30-2/h3-4,13,17,20H,5-12,15-16H2,1-2H3. The van der Waals surface area contributed by atoms with Crippen LogP contribution in [0.3, 0.4) is 0 Å². The summed E-state index contributed by atoms with van der Waals surface area (Å²) in [5.41, 5.74) is 2.21. The number of carbonyl (C=O) groups is 1. The van der Waals surface area contributed by atoms with Gasteiger partial charge in [0, 0.05) is 64.7 Å². The Hall–Kier alpha value is -1.83. The van der Waals surface area contributed by atoms with Crippen LogP contribution in [0.25, 0.3) is 0 Å². The van der Waals surface area contributed by atoms with Crippen molar-refractivity contribution in [3.05, 3.63) is 29.3 Å². The van der Waals surface area contributed by atoms with E-state index in [0.717, 1.165) is 56.6 Å². The van der Waals surface area contributed by atoms with Gasteiger partial charge >= 0.3 is 0 Å². The first-order valence-electron chi connectivity index (χ1n) is 10.9. The van der Waals surface area contributed by atoms with E-state index in [9.17, 15) is 9.00 Å². The summed E-state index contributed by atoms with van der Waals surface area (Å²) in [5, 5.41) is 9.09. The molecule has 0 saturated carbocycles. The summed E-state index contributed by atoms with van der Waals surface area (Å²) in [6.45, 7) is 7.80. The summed E-state index contributed by atoms with van der Waals surface area (Å²) >= 11 is -1.32. The van der Waals surface area contributed by atoms with Crippen molar-refractivity contribution in [1.82, 2.24) is 13.5 Å². The lowest BCUT2D eigenvalue weighted by molar-refractivity contribution is -0.118. The molecule has 31 heavy (non-hydrogen) atoms. The maximum absolute atomic E-state index is 13.6. The molecule has 0 aliphatic carbocycles. The number of ether oxygens (including phenoxy) is 1. The predicted octanol–water partition coefficient (Wildman–Crippen LogP) is 0.932. The van der Waals surface area contributed by atoms with Crippen LogP contribution in [-0.2, 0) is 20.7 Å². The third kappa shape index (κ3) is 4.28. The van der Waals surface area contributed by atoms with E-state index < -0.39 is 16.7 Å². The second-order valence-electron chi connectivity index (χ2n) is 8.73. The normalized spacial score (nSPS) is 28.4. The number of likely N-dealkylation sites (tertiary alicyclic amines) is 1. The fourth-order valence-electron chi connectivity index (χ4n) is 5.18. The maximum Gasteiger partial charge on any atom is 0.174 e. The van der Waals surface area contributed by atoms with Gasteiger partial charge in [-0.25, -0.2) is 8.51 Å². The Morgan fingerprint density at radius 1 is 1.32 bits per heavy atom. The number of benzene rings is 1. The monoisotopic (exact) mass is 445 g/mol. The highest BCUT2D eigenvalue weighted by Crippen LogP contribution is 2.40. The third-order valence-electron chi connectivity index (χ3n) is 6.77. The molecule has 2 bridgehead atoms. The van der Waals surface area contributed by atoms with Gasteiger partial charge in [-0.2, -0.15) is 9.57 Å². The van der Waals surface area contributed by atoms with E-state index in [1.54, 1.807) is 7.11 Å². The number of nitrogens with zero attached hydrogens (tertiary/aromatic N) is 5. The molecule has 168 valence electrons. The summed E-state index contributed by atoms with van der Waals surface area (Å²) in [4.78, 5) is 16.8. The largest absolute Gasteiger partial charge is 0.383 e. The van der Waals surface area contributed by atoms with Crippen LogP contribution in [0.4, 0.5) is 5.69 Å². The highest BCUT2D eigenvalue weighted by molar-refractivity contribution is 7.80. The summed E-state index contributed by atoms with van der Waals surface area (Å²) < 4.78 is 22.8. The average Bonchev–Trinajstić information content (AvgIpc) is 3.04. The topological polar surface area (TPSA) is 80.1 Å². The number of aldehydes is 1. The molecule has 0 spiro atoms. The molecular formula is C22H31N5O3S.